The van der Waals surface area contributed by atoms with E-state index in [-0.39, 0.29) is 30.6 Å². The van der Waals surface area contributed by atoms with E-state index in [9.17, 15) is 23.2 Å². The second-order valence-electron chi connectivity index (χ2n) is 6.81. The number of nitrogens with zero attached hydrogens (tertiary/aromatic N) is 1. The van der Waals surface area contributed by atoms with Gasteiger partial charge in [-0.05, 0) is 24.6 Å². The van der Waals surface area contributed by atoms with Crippen LogP contribution in [0.2, 0.25) is 0 Å². The van der Waals surface area contributed by atoms with Crippen LogP contribution in [0.15, 0.2) is 48.5 Å². The largest absolute Gasteiger partial charge is 0.455 e. The Balaban J connectivity index is 1.52. The van der Waals surface area contributed by atoms with Crippen molar-refractivity contribution in [3.63, 3.8) is 0 Å². The maximum absolute atomic E-state index is 13.6. The Labute approximate surface area is 166 Å². The summed E-state index contributed by atoms with van der Waals surface area (Å²) in [6.45, 7) is 1.45. The van der Waals surface area contributed by atoms with Crippen molar-refractivity contribution in [3.8, 4) is 0 Å². The van der Waals surface area contributed by atoms with Crippen molar-refractivity contribution in [2.24, 2.45) is 5.92 Å². The molecule has 1 fully saturated rings. The third-order valence-electron chi connectivity index (χ3n) is 4.79. The van der Waals surface area contributed by atoms with Crippen molar-refractivity contribution in [2.45, 2.75) is 19.4 Å². The summed E-state index contributed by atoms with van der Waals surface area (Å²) >= 11 is 0. The normalized spacial score (nSPS) is 17.1. The molecule has 1 heterocycles. The summed E-state index contributed by atoms with van der Waals surface area (Å²) in [5, 5.41) is 2.21. The highest BCUT2D eigenvalue weighted by Gasteiger charge is 2.38. The Morgan fingerprint density at radius 3 is 2.62 bits per heavy atom. The number of carbonyl (C=O) groups excluding carboxylic acids is 3. The number of nitrogens with one attached hydrogen (secondary N) is 1. The first kappa shape index (κ1) is 20.4. The van der Waals surface area contributed by atoms with Crippen LogP contribution in [0.5, 0.6) is 0 Å². The van der Waals surface area contributed by atoms with Gasteiger partial charge in [-0.3, -0.25) is 14.4 Å². The quantitative estimate of drug-likeness (QED) is 0.754. The van der Waals surface area contributed by atoms with Crippen molar-refractivity contribution in [1.29, 1.82) is 0 Å². The number of hydrogen-bond acceptors (Lipinski definition) is 4. The fourth-order valence-corrected chi connectivity index (χ4v) is 3.21. The molecular weight excluding hydrogens is 382 g/mol. The molecule has 2 aromatic carbocycles. The standard InChI is InChI=1S/C21H20F2N2O4/c1-13(14-5-3-2-4-6-14)25-11-15(9-20(25)27)21(28)29-12-19(26)24-18-8-7-16(22)10-17(18)23/h2-8,10,13,15H,9,11-12H2,1H3,(H,24,26)/t13-,15+/m1/s1. The van der Waals surface area contributed by atoms with E-state index >= 15 is 0 Å². The molecular formula is C21H20F2N2O4. The summed E-state index contributed by atoms with van der Waals surface area (Å²) in [7, 11) is 0. The van der Waals surface area contributed by atoms with Crippen LogP contribution in [0.4, 0.5) is 14.5 Å². The number of likely N-dealkylation sites (tertiary alicyclic amines) is 1. The second kappa shape index (κ2) is 8.81. The van der Waals surface area contributed by atoms with Crippen molar-refractivity contribution >= 4 is 23.5 Å². The first-order valence-electron chi connectivity index (χ1n) is 9.11. The Morgan fingerprint density at radius 2 is 1.93 bits per heavy atom. The first-order chi connectivity index (χ1) is 13.8. The van der Waals surface area contributed by atoms with E-state index < -0.39 is 36.0 Å². The lowest BCUT2D eigenvalue weighted by Gasteiger charge is -2.25. The molecule has 2 amide bonds. The molecule has 0 unspecified atom stereocenters. The van der Waals surface area contributed by atoms with Crippen LogP contribution in [-0.2, 0) is 19.1 Å². The zero-order chi connectivity index (χ0) is 21.0. The van der Waals surface area contributed by atoms with Gasteiger partial charge in [-0.2, -0.15) is 0 Å². The lowest BCUT2D eigenvalue weighted by atomic mass is 10.1. The van der Waals surface area contributed by atoms with Crippen LogP contribution >= 0.6 is 0 Å². The van der Waals surface area contributed by atoms with E-state index in [1.807, 2.05) is 37.3 Å². The second-order valence-corrected chi connectivity index (χ2v) is 6.81. The smallest absolute Gasteiger partial charge is 0.311 e. The number of benzene rings is 2. The van der Waals surface area contributed by atoms with Crippen molar-refractivity contribution in [1.82, 2.24) is 4.90 Å². The van der Waals surface area contributed by atoms with Crippen LogP contribution in [0, 0.1) is 17.6 Å². The molecule has 0 aliphatic carbocycles. The molecule has 1 aliphatic rings. The van der Waals surface area contributed by atoms with E-state index in [0.717, 1.165) is 17.7 Å². The zero-order valence-corrected chi connectivity index (χ0v) is 15.7. The minimum atomic E-state index is -0.934. The molecule has 3 rings (SSSR count). The van der Waals surface area contributed by atoms with E-state index in [4.69, 9.17) is 4.74 Å². The van der Waals surface area contributed by atoms with E-state index in [1.165, 1.54) is 0 Å². The van der Waals surface area contributed by atoms with Gasteiger partial charge in [-0.25, -0.2) is 8.78 Å². The van der Waals surface area contributed by atoms with Crippen LogP contribution < -0.4 is 5.32 Å². The van der Waals surface area contributed by atoms with E-state index in [0.29, 0.717) is 6.07 Å². The molecule has 152 valence electrons. The summed E-state index contributed by atoms with van der Waals surface area (Å²) in [6.07, 6.45) is 0.00418. The minimum absolute atomic E-state index is 0.00418. The van der Waals surface area contributed by atoms with Gasteiger partial charge >= 0.3 is 5.97 Å². The third kappa shape index (κ3) is 4.96. The maximum atomic E-state index is 13.6. The van der Waals surface area contributed by atoms with Crippen LogP contribution in [0.3, 0.4) is 0 Å². The third-order valence-corrected chi connectivity index (χ3v) is 4.79. The zero-order valence-electron chi connectivity index (χ0n) is 15.7. The summed E-state index contributed by atoms with van der Waals surface area (Å²) in [4.78, 5) is 38.0. The summed E-state index contributed by atoms with van der Waals surface area (Å²) in [6, 6.07) is 12.0. The molecule has 0 radical (unpaired) electrons. The van der Waals surface area contributed by atoms with Gasteiger partial charge in [-0.15, -0.1) is 0 Å². The van der Waals surface area contributed by atoms with E-state index in [2.05, 4.69) is 5.32 Å². The molecule has 0 saturated carbocycles. The van der Waals surface area contributed by atoms with Crippen molar-refractivity contribution in [2.75, 3.05) is 18.5 Å². The molecule has 1 aliphatic heterocycles. The topological polar surface area (TPSA) is 75.7 Å². The molecule has 1 N–H and O–H groups in total. The predicted octanol–water partition coefficient (Wildman–Crippen LogP) is 3.06. The van der Waals surface area contributed by atoms with Gasteiger partial charge < -0.3 is 15.0 Å². The summed E-state index contributed by atoms with van der Waals surface area (Å²) in [5.74, 6) is -3.98. The number of carbonyl (C=O) groups is 3. The van der Waals surface area contributed by atoms with Gasteiger partial charge in [0.15, 0.2) is 6.61 Å². The Bertz CT molecular complexity index is 920. The Kier molecular flexibility index (Phi) is 6.21. The number of rotatable bonds is 6. The number of hydrogen-bond donors (Lipinski definition) is 1. The first-order valence-corrected chi connectivity index (χ1v) is 9.11. The number of esters is 1. The highest BCUT2D eigenvalue weighted by molar-refractivity contribution is 5.93. The summed E-state index contributed by atoms with van der Waals surface area (Å²) in [5.41, 5.74) is 0.738. The van der Waals surface area contributed by atoms with Gasteiger partial charge in [0.25, 0.3) is 5.91 Å². The molecule has 0 aromatic heterocycles. The number of ether oxygens (including phenoxy) is 1. The highest BCUT2D eigenvalue weighted by Crippen LogP contribution is 2.29. The Morgan fingerprint density at radius 1 is 1.21 bits per heavy atom. The molecule has 2 atom stereocenters. The molecule has 0 spiro atoms. The highest BCUT2D eigenvalue weighted by atomic mass is 19.1. The number of anilines is 1. The average Bonchev–Trinajstić information content (AvgIpc) is 3.10. The minimum Gasteiger partial charge on any atom is -0.455 e. The van der Waals surface area contributed by atoms with E-state index in [1.54, 1.807) is 4.90 Å². The molecule has 29 heavy (non-hydrogen) atoms. The fraction of sp³-hybridized carbons (Fsp3) is 0.286. The van der Waals surface area contributed by atoms with Gasteiger partial charge in [0.2, 0.25) is 5.91 Å². The molecule has 2 aromatic rings. The van der Waals surface area contributed by atoms with Crippen LogP contribution in [0.25, 0.3) is 0 Å². The molecule has 8 heteroatoms. The SMILES string of the molecule is C[C@H](c1ccccc1)N1C[C@@H](C(=O)OCC(=O)Nc2ccc(F)cc2F)CC1=O. The van der Waals surface area contributed by atoms with Gasteiger partial charge in [0.05, 0.1) is 17.6 Å². The number of halogens is 2. The Hall–Kier alpha value is -3.29. The monoisotopic (exact) mass is 402 g/mol. The lowest BCUT2D eigenvalue weighted by Crippen LogP contribution is -2.30. The van der Waals surface area contributed by atoms with Crippen LogP contribution in [0.1, 0.15) is 24.9 Å². The summed E-state index contributed by atoms with van der Waals surface area (Å²) < 4.78 is 31.4. The van der Waals surface area contributed by atoms with Crippen molar-refractivity contribution in [3.05, 3.63) is 65.7 Å². The molecule has 0 bridgehead atoms. The molecule has 1 saturated heterocycles. The van der Waals surface area contributed by atoms with Crippen LogP contribution in [-0.4, -0.2) is 35.8 Å². The van der Waals surface area contributed by atoms with Gasteiger partial charge in [0, 0.05) is 19.0 Å². The average molecular weight is 402 g/mol. The van der Waals surface area contributed by atoms with Crippen molar-refractivity contribution < 1.29 is 27.9 Å². The van der Waals surface area contributed by atoms with Gasteiger partial charge in [0.1, 0.15) is 11.6 Å². The van der Waals surface area contributed by atoms with Gasteiger partial charge in [-0.1, -0.05) is 30.3 Å². The molecule has 6 nitrogen and oxygen atoms in total. The predicted molar refractivity (Wildman–Crippen MR) is 101 cm³/mol. The fourth-order valence-electron chi connectivity index (χ4n) is 3.21. The lowest BCUT2D eigenvalue weighted by molar-refractivity contribution is -0.151. The maximum Gasteiger partial charge on any atom is 0.311 e. The number of amides is 2.